The lowest BCUT2D eigenvalue weighted by Gasteiger charge is -2.36. The Morgan fingerprint density at radius 3 is 3.10 bits per heavy atom. The number of rotatable bonds is 5. The molecule has 0 saturated carbocycles. The Morgan fingerprint density at radius 2 is 2.40 bits per heavy atom. The van der Waals surface area contributed by atoms with Crippen LogP contribution in [0.5, 0.6) is 5.88 Å². The van der Waals surface area contributed by atoms with E-state index in [4.69, 9.17) is 9.47 Å². The quantitative estimate of drug-likeness (QED) is 0.865. The highest BCUT2D eigenvalue weighted by atomic mass is 16.6. The van der Waals surface area contributed by atoms with Crippen LogP contribution in [0.15, 0.2) is 17.2 Å². The van der Waals surface area contributed by atoms with Gasteiger partial charge in [0.15, 0.2) is 0 Å². The summed E-state index contributed by atoms with van der Waals surface area (Å²) in [5.74, 6) is 0.146. The van der Waals surface area contributed by atoms with Gasteiger partial charge in [0.2, 0.25) is 0 Å². The van der Waals surface area contributed by atoms with Gasteiger partial charge in [0.1, 0.15) is 12.7 Å². The molecule has 0 aromatic carbocycles. The average Bonchev–Trinajstić information content (AvgIpc) is 2.39. The molecule has 1 N–H and O–H groups in total. The third kappa shape index (κ3) is 3.80. The van der Waals surface area contributed by atoms with Gasteiger partial charge in [-0.15, -0.1) is 0 Å². The molecule has 0 aliphatic carbocycles. The van der Waals surface area contributed by atoms with Crippen molar-refractivity contribution in [1.29, 1.82) is 0 Å². The van der Waals surface area contributed by atoms with Crippen molar-refractivity contribution in [3.63, 3.8) is 0 Å². The Labute approximate surface area is 119 Å². The molecule has 6 nitrogen and oxygen atoms in total. The van der Waals surface area contributed by atoms with Gasteiger partial charge >= 0.3 is 5.56 Å². The van der Waals surface area contributed by atoms with Crippen LogP contribution in [-0.4, -0.2) is 41.0 Å². The van der Waals surface area contributed by atoms with E-state index in [2.05, 4.69) is 10.3 Å². The lowest BCUT2D eigenvalue weighted by molar-refractivity contribution is -0.107. The molecule has 1 unspecified atom stereocenters. The maximum Gasteiger partial charge on any atom is 0.313 e. The molecule has 0 amide bonds. The monoisotopic (exact) mass is 281 g/mol. The number of ether oxygens (including phenoxy) is 2. The number of nitrogens with one attached hydrogen (secondary N) is 1. The number of aromatic nitrogens is 2. The molecule has 0 spiro atoms. The zero-order valence-corrected chi connectivity index (χ0v) is 12.4. The van der Waals surface area contributed by atoms with E-state index >= 15 is 0 Å². The summed E-state index contributed by atoms with van der Waals surface area (Å²) in [6.07, 6.45) is 4.10. The van der Waals surface area contributed by atoms with Crippen molar-refractivity contribution in [2.24, 2.45) is 0 Å². The topological polar surface area (TPSA) is 65.4 Å². The summed E-state index contributed by atoms with van der Waals surface area (Å²) < 4.78 is 13.1. The standard InChI is InChI=1S/C14H23N3O3/c1-4-6-17-7-5-16-12(13(17)18)19-9-11-8-15-10-14(2,3)20-11/h5,7,11,15H,4,6,8-10H2,1-3H3. The molecule has 112 valence electrons. The van der Waals surface area contributed by atoms with Crippen molar-refractivity contribution in [1.82, 2.24) is 14.9 Å². The molecule has 1 aromatic rings. The molecule has 2 rings (SSSR count). The van der Waals surface area contributed by atoms with Crippen LogP contribution in [0.25, 0.3) is 0 Å². The molecule has 2 heterocycles. The first-order valence-electron chi connectivity index (χ1n) is 7.08. The molecule has 1 fully saturated rings. The van der Waals surface area contributed by atoms with Crippen LogP contribution in [0.2, 0.25) is 0 Å². The molecule has 1 aromatic heterocycles. The third-order valence-electron chi connectivity index (χ3n) is 3.16. The lowest BCUT2D eigenvalue weighted by atomic mass is 10.1. The first-order chi connectivity index (χ1) is 9.52. The molecule has 0 radical (unpaired) electrons. The summed E-state index contributed by atoms with van der Waals surface area (Å²) >= 11 is 0. The van der Waals surface area contributed by atoms with E-state index in [0.29, 0.717) is 13.2 Å². The SMILES string of the molecule is CCCn1ccnc(OCC2CNCC(C)(C)O2)c1=O. The Balaban J connectivity index is 1.97. The van der Waals surface area contributed by atoms with E-state index in [1.165, 1.54) is 0 Å². The summed E-state index contributed by atoms with van der Waals surface area (Å²) in [5.41, 5.74) is -0.392. The zero-order chi connectivity index (χ0) is 14.6. The summed E-state index contributed by atoms with van der Waals surface area (Å²) in [4.78, 5) is 16.1. The van der Waals surface area contributed by atoms with Crippen molar-refractivity contribution in [3.8, 4) is 5.88 Å². The van der Waals surface area contributed by atoms with Gasteiger partial charge in [-0.1, -0.05) is 6.92 Å². The molecule has 1 aliphatic rings. The Morgan fingerprint density at radius 1 is 1.60 bits per heavy atom. The third-order valence-corrected chi connectivity index (χ3v) is 3.16. The molecule has 1 saturated heterocycles. The predicted octanol–water partition coefficient (Wildman–Crippen LogP) is 0.799. The zero-order valence-electron chi connectivity index (χ0n) is 12.4. The van der Waals surface area contributed by atoms with Crippen molar-refractivity contribution in [2.45, 2.75) is 45.4 Å². The number of morpholine rings is 1. The second-order valence-corrected chi connectivity index (χ2v) is 5.67. The van der Waals surface area contributed by atoms with Crippen LogP contribution in [0.1, 0.15) is 27.2 Å². The van der Waals surface area contributed by atoms with Crippen LogP contribution in [0.3, 0.4) is 0 Å². The fraction of sp³-hybridized carbons (Fsp3) is 0.714. The largest absolute Gasteiger partial charge is 0.471 e. The van der Waals surface area contributed by atoms with Crippen LogP contribution >= 0.6 is 0 Å². The van der Waals surface area contributed by atoms with Crippen molar-refractivity contribution >= 4 is 0 Å². The Kier molecular flexibility index (Phi) is 4.77. The first-order valence-corrected chi connectivity index (χ1v) is 7.08. The highest BCUT2D eigenvalue weighted by Gasteiger charge is 2.28. The van der Waals surface area contributed by atoms with Crippen molar-refractivity contribution in [2.75, 3.05) is 19.7 Å². The minimum Gasteiger partial charge on any atom is -0.471 e. The molecule has 1 atom stereocenters. The summed E-state index contributed by atoms with van der Waals surface area (Å²) in [5, 5.41) is 3.30. The smallest absolute Gasteiger partial charge is 0.313 e. The highest BCUT2D eigenvalue weighted by molar-refractivity contribution is 5.04. The molecular formula is C14H23N3O3. The summed E-state index contributed by atoms with van der Waals surface area (Å²) in [6.45, 7) is 8.62. The molecule has 20 heavy (non-hydrogen) atoms. The Hall–Kier alpha value is -1.40. The minimum atomic E-state index is -0.210. The van der Waals surface area contributed by atoms with E-state index < -0.39 is 0 Å². The van der Waals surface area contributed by atoms with Gasteiger partial charge in [-0.3, -0.25) is 4.79 Å². The van der Waals surface area contributed by atoms with Gasteiger partial charge in [-0.25, -0.2) is 4.98 Å². The maximum absolute atomic E-state index is 12.1. The predicted molar refractivity (Wildman–Crippen MR) is 76.1 cm³/mol. The summed E-state index contributed by atoms with van der Waals surface area (Å²) in [7, 11) is 0. The van der Waals surface area contributed by atoms with E-state index in [1.807, 2.05) is 20.8 Å². The molecule has 0 bridgehead atoms. The van der Waals surface area contributed by atoms with Gasteiger partial charge in [0.05, 0.1) is 5.60 Å². The van der Waals surface area contributed by atoms with E-state index in [0.717, 1.165) is 19.5 Å². The lowest BCUT2D eigenvalue weighted by Crippen LogP contribution is -2.52. The fourth-order valence-electron chi connectivity index (χ4n) is 2.28. The van der Waals surface area contributed by atoms with E-state index in [1.54, 1.807) is 17.0 Å². The maximum atomic E-state index is 12.1. The Bertz CT molecular complexity index is 499. The van der Waals surface area contributed by atoms with Crippen LogP contribution in [-0.2, 0) is 11.3 Å². The van der Waals surface area contributed by atoms with Gasteiger partial charge in [0, 0.05) is 32.0 Å². The number of aryl methyl sites for hydroxylation is 1. The van der Waals surface area contributed by atoms with Crippen LogP contribution in [0.4, 0.5) is 0 Å². The summed E-state index contributed by atoms with van der Waals surface area (Å²) in [6, 6.07) is 0. The molecular weight excluding hydrogens is 258 g/mol. The van der Waals surface area contributed by atoms with E-state index in [9.17, 15) is 4.79 Å². The van der Waals surface area contributed by atoms with Gasteiger partial charge in [-0.05, 0) is 20.3 Å². The minimum absolute atomic E-state index is 0.0696. The first kappa shape index (κ1) is 15.0. The van der Waals surface area contributed by atoms with Gasteiger partial charge < -0.3 is 19.4 Å². The van der Waals surface area contributed by atoms with Crippen molar-refractivity contribution in [3.05, 3.63) is 22.7 Å². The number of nitrogens with zero attached hydrogens (tertiary/aromatic N) is 2. The second-order valence-electron chi connectivity index (χ2n) is 5.67. The second kappa shape index (κ2) is 6.37. The fourth-order valence-corrected chi connectivity index (χ4v) is 2.28. The number of hydrogen-bond donors (Lipinski definition) is 1. The average molecular weight is 281 g/mol. The molecule has 6 heteroatoms. The van der Waals surface area contributed by atoms with Gasteiger partial charge in [0.25, 0.3) is 5.88 Å². The van der Waals surface area contributed by atoms with Crippen LogP contribution < -0.4 is 15.6 Å². The van der Waals surface area contributed by atoms with Crippen LogP contribution in [0, 0.1) is 0 Å². The highest BCUT2D eigenvalue weighted by Crippen LogP contribution is 2.15. The molecule has 1 aliphatic heterocycles. The normalized spacial score (nSPS) is 21.6. The number of hydrogen-bond acceptors (Lipinski definition) is 5. The van der Waals surface area contributed by atoms with Gasteiger partial charge in [-0.2, -0.15) is 0 Å². The van der Waals surface area contributed by atoms with E-state index in [-0.39, 0.29) is 23.1 Å². The van der Waals surface area contributed by atoms with Crippen molar-refractivity contribution < 1.29 is 9.47 Å².